The molecule has 0 saturated heterocycles. The number of oxime groups is 1. The summed E-state index contributed by atoms with van der Waals surface area (Å²) in [6.45, 7) is 5.52. The average molecular weight is 263 g/mol. The number of aryl methyl sites for hydroxylation is 2. The summed E-state index contributed by atoms with van der Waals surface area (Å²) < 4.78 is 0. The van der Waals surface area contributed by atoms with Gasteiger partial charge in [-0.1, -0.05) is 12.1 Å². The maximum absolute atomic E-state index is 11.5. The lowest BCUT2D eigenvalue weighted by atomic mass is 9.92. The number of anilines is 1. The van der Waals surface area contributed by atoms with E-state index in [4.69, 9.17) is 5.21 Å². The van der Waals surface area contributed by atoms with Crippen LogP contribution in [0.4, 0.5) is 10.5 Å². The summed E-state index contributed by atoms with van der Waals surface area (Å²) in [4.78, 5) is 17.2. The minimum absolute atomic E-state index is 0.223. The fraction of sp³-hybridized carbons (Fsp3) is 0.462. The largest absolute Gasteiger partial charge is 0.465 e. The number of nitrogens with zero attached hydrogens (tertiary/aromatic N) is 3. The van der Waals surface area contributed by atoms with Crippen LogP contribution in [0.2, 0.25) is 0 Å². The quantitative estimate of drug-likeness (QED) is 0.602. The molecular formula is C13H17N3O3. The minimum atomic E-state index is -1.00. The van der Waals surface area contributed by atoms with E-state index in [0.717, 1.165) is 5.69 Å². The van der Waals surface area contributed by atoms with E-state index in [1.807, 2.05) is 13.8 Å². The Balaban J connectivity index is 2.71. The number of hydrogen-bond donors (Lipinski definition) is 2. The van der Waals surface area contributed by atoms with Gasteiger partial charge in [-0.3, -0.25) is 9.88 Å². The molecule has 6 nitrogen and oxygen atoms in total. The van der Waals surface area contributed by atoms with Gasteiger partial charge in [0.15, 0.2) is 0 Å². The molecule has 1 aliphatic heterocycles. The van der Waals surface area contributed by atoms with Crippen LogP contribution in [0.25, 0.3) is 0 Å². The molecule has 0 spiro atoms. The standard InChI is InChI=1S/C13H17N3O3/c1-4-9-6-11(15-19)10-5-7(2)14-8(3)12(10)16(9)13(17)18/h5,9,19H,4,6H2,1-3H3,(H,17,18)/b15-11+. The Kier molecular flexibility index (Phi) is 3.42. The van der Waals surface area contributed by atoms with Crippen molar-refractivity contribution in [2.45, 2.75) is 39.7 Å². The van der Waals surface area contributed by atoms with Crippen LogP contribution in [0.3, 0.4) is 0 Å². The topological polar surface area (TPSA) is 86.0 Å². The highest BCUT2D eigenvalue weighted by Gasteiger charge is 2.35. The predicted molar refractivity (Wildman–Crippen MR) is 71.2 cm³/mol. The van der Waals surface area contributed by atoms with Crippen molar-refractivity contribution in [2.24, 2.45) is 5.16 Å². The maximum Gasteiger partial charge on any atom is 0.412 e. The fourth-order valence-corrected chi connectivity index (χ4v) is 2.63. The first-order valence-corrected chi connectivity index (χ1v) is 6.21. The predicted octanol–water partition coefficient (Wildman–Crippen LogP) is 2.54. The molecule has 6 heteroatoms. The minimum Gasteiger partial charge on any atom is -0.465 e. The number of pyridine rings is 1. The SMILES string of the molecule is CCC1C/C(=N\O)c2cc(C)nc(C)c2N1C(=O)O. The van der Waals surface area contributed by atoms with Crippen LogP contribution in [0.5, 0.6) is 0 Å². The molecule has 19 heavy (non-hydrogen) atoms. The van der Waals surface area contributed by atoms with Crippen molar-refractivity contribution in [3.63, 3.8) is 0 Å². The third-order valence-corrected chi connectivity index (χ3v) is 3.44. The number of carbonyl (C=O) groups is 1. The molecule has 1 aromatic heterocycles. The molecule has 0 aliphatic carbocycles. The molecule has 0 saturated carbocycles. The van der Waals surface area contributed by atoms with E-state index in [2.05, 4.69) is 10.1 Å². The second kappa shape index (κ2) is 4.87. The summed E-state index contributed by atoms with van der Waals surface area (Å²) in [7, 11) is 0. The highest BCUT2D eigenvalue weighted by atomic mass is 16.4. The Labute approximate surface area is 111 Å². The summed E-state index contributed by atoms with van der Waals surface area (Å²) in [5, 5.41) is 21.9. The smallest absolute Gasteiger partial charge is 0.412 e. The van der Waals surface area contributed by atoms with Gasteiger partial charge in [-0.05, 0) is 26.3 Å². The van der Waals surface area contributed by atoms with E-state index in [-0.39, 0.29) is 6.04 Å². The van der Waals surface area contributed by atoms with Crippen LogP contribution in [-0.4, -0.2) is 33.1 Å². The van der Waals surface area contributed by atoms with Crippen molar-refractivity contribution < 1.29 is 15.1 Å². The Bertz CT molecular complexity index is 554. The number of aromatic nitrogens is 1. The first-order chi connectivity index (χ1) is 8.99. The molecule has 2 N–H and O–H groups in total. The van der Waals surface area contributed by atoms with Crippen molar-refractivity contribution in [2.75, 3.05) is 4.90 Å². The first-order valence-electron chi connectivity index (χ1n) is 6.21. The second-order valence-electron chi connectivity index (χ2n) is 4.71. The molecular weight excluding hydrogens is 246 g/mol. The van der Waals surface area contributed by atoms with Crippen LogP contribution in [-0.2, 0) is 0 Å². The van der Waals surface area contributed by atoms with Gasteiger partial charge in [0, 0.05) is 23.7 Å². The Morgan fingerprint density at radius 2 is 2.26 bits per heavy atom. The van der Waals surface area contributed by atoms with Crippen LogP contribution >= 0.6 is 0 Å². The van der Waals surface area contributed by atoms with E-state index in [1.54, 1.807) is 13.0 Å². The lowest BCUT2D eigenvalue weighted by Gasteiger charge is -2.35. The number of hydrogen-bond acceptors (Lipinski definition) is 4. The van der Waals surface area contributed by atoms with Gasteiger partial charge in [-0.2, -0.15) is 0 Å². The molecule has 1 aliphatic rings. The van der Waals surface area contributed by atoms with E-state index < -0.39 is 6.09 Å². The molecule has 1 unspecified atom stereocenters. The molecule has 0 aromatic carbocycles. The van der Waals surface area contributed by atoms with Gasteiger partial charge in [0.1, 0.15) is 0 Å². The van der Waals surface area contributed by atoms with Crippen molar-refractivity contribution in [1.82, 2.24) is 4.98 Å². The summed E-state index contributed by atoms with van der Waals surface area (Å²) in [5.74, 6) is 0. The Morgan fingerprint density at radius 1 is 1.58 bits per heavy atom. The number of amides is 1. The molecule has 1 atom stereocenters. The summed E-state index contributed by atoms with van der Waals surface area (Å²) in [5.41, 5.74) is 3.12. The zero-order valence-corrected chi connectivity index (χ0v) is 11.2. The average Bonchev–Trinajstić information content (AvgIpc) is 2.36. The summed E-state index contributed by atoms with van der Waals surface area (Å²) >= 11 is 0. The second-order valence-corrected chi connectivity index (χ2v) is 4.71. The van der Waals surface area contributed by atoms with E-state index in [1.165, 1.54) is 4.90 Å². The lowest BCUT2D eigenvalue weighted by Crippen LogP contribution is -2.45. The van der Waals surface area contributed by atoms with E-state index in [0.29, 0.717) is 35.5 Å². The number of fused-ring (bicyclic) bond motifs is 1. The third kappa shape index (κ3) is 2.14. The van der Waals surface area contributed by atoms with Gasteiger partial charge in [0.05, 0.1) is 17.1 Å². The van der Waals surface area contributed by atoms with Gasteiger partial charge < -0.3 is 10.3 Å². The van der Waals surface area contributed by atoms with Crippen molar-refractivity contribution >= 4 is 17.5 Å². The number of carboxylic acid groups (broad SMARTS) is 1. The summed E-state index contributed by atoms with van der Waals surface area (Å²) in [6.07, 6.45) is 0.0617. The molecule has 2 heterocycles. The van der Waals surface area contributed by atoms with Gasteiger partial charge in [-0.25, -0.2) is 4.79 Å². The monoisotopic (exact) mass is 263 g/mol. The zero-order chi connectivity index (χ0) is 14.2. The molecule has 2 rings (SSSR count). The first kappa shape index (κ1) is 13.3. The van der Waals surface area contributed by atoms with E-state index in [9.17, 15) is 9.90 Å². The van der Waals surface area contributed by atoms with Crippen LogP contribution in [0.1, 0.15) is 36.7 Å². The lowest BCUT2D eigenvalue weighted by molar-refractivity contribution is 0.198. The fourth-order valence-electron chi connectivity index (χ4n) is 2.63. The maximum atomic E-state index is 11.5. The highest BCUT2D eigenvalue weighted by Crippen LogP contribution is 2.34. The zero-order valence-electron chi connectivity index (χ0n) is 11.2. The Morgan fingerprint density at radius 3 is 2.79 bits per heavy atom. The molecule has 1 aromatic rings. The molecule has 102 valence electrons. The van der Waals surface area contributed by atoms with Gasteiger partial charge in [-0.15, -0.1) is 0 Å². The van der Waals surface area contributed by atoms with Crippen molar-refractivity contribution in [3.8, 4) is 0 Å². The number of rotatable bonds is 1. The third-order valence-electron chi connectivity index (χ3n) is 3.44. The van der Waals surface area contributed by atoms with Crippen LogP contribution in [0.15, 0.2) is 11.2 Å². The summed E-state index contributed by atoms with van der Waals surface area (Å²) in [6, 6.07) is 1.54. The molecule has 1 amide bonds. The van der Waals surface area contributed by atoms with Crippen LogP contribution < -0.4 is 4.90 Å². The van der Waals surface area contributed by atoms with Gasteiger partial charge in [0.2, 0.25) is 0 Å². The molecule has 0 radical (unpaired) electrons. The molecule has 0 fully saturated rings. The van der Waals surface area contributed by atoms with Gasteiger partial charge in [0.25, 0.3) is 0 Å². The van der Waals surface area contributed by atoms with Crippen LogP contribution in [0, 0.1) is 13.8 Å². The van der Waals surface area contributed by atoms with Crippen molar-refractivity contribution in [3.05, 3.63) is 23.0 Å². The van der Waals surface area contributed by atoms with Crippen molar-refractivity contribution in [1.29, 1.82) is 0 Å². The Hall–Kier alpha value is -2.11. The highest BCUT2D eigenvalue weighted by molar-refractivity contribution is 6.11. The van der Waals surface area contributed by atoms with E-state index >= 15 is 0 Å². The molecule has 0 bridgehead atoms. The normalized spacial score (nSPS) is 20.5. The van der Waals surface area contributed by atoms with Gasteiger partial charge >= 0.3 is 6.09 Å².